The van der Waals surface area contributed by atoms with Gasteiger partial charge in [0.05, 0.1) is 0 Å². The van der Waals surface area contributed by atoms with Crippen LogP contribution in [0.1, 0.15) is 43.2 Å². The van der Waals surface area contributed by atoms with Crippen molar-refractivity contribution < 1.29 is 0 Å². The number of nitrogens with one attached hydrogen (secondary N) is 1. The maximum atomic E-state index is 4.53. The summed E-state index contributed by atoms with van der Waals surface area (Å²) in [7, 11) is 0. The van der Waals surface area contributed by atoms with Gasteiger partial charge in [0.25, 0.3) is 0 Å². The molecule has 0 saturated heterocycles. The first-order valence-electron chi connectivity index (χ1n) is 7.42. The van der Waals surface area contributed by atoms with Crippen molar-refractivity contribution in [3.05, 3.63) is 65.0 Å². The molecular formula is C18H24N2. The average molecular weight is 268 g/mol. The number of nitrogens with zero attached hydrogens (tertiary/aromatic N) is 1. The zero-order chi connectivity index (χ0) is 14.4. The van der Waals surface area contributed by atoms with Crippen molar-refractivity contribution in [1.29, 1.82) is 0 Å². The lowest BCUT2D eigenvalue weighted by atomic mass is 10.1. The second kappa shape index (κ2) is 7.20. The molecule has 1 aromatic carbocycles. The molecule has 1 heterocycles. The zero-order valence-corrected chi connectivity index (χ0v) is 12.7. The van der Waals surface area contributed by atoms with E-state index in [-0.39, 0.29) is 0 Å². The third-order valence-electron chi connectivity index (χ3n) is 3.39. The van der Waals surface area contributed by atoms with E-state index in [0.717, 1.165) is 25.1 Å². The van der Waals surface area contributed by atoms with Crippen LogP contribution in [0.25, 0.3) is 0 Å². The van der Waals surface area contributed by atoms with Crippen LogP contribution >= 0.6 is 0 Å². The molecule has 2 aromatic rings. The Hall–Kier alpha value is -1.67. The lowest BCUT2D eigenvalue weighted by Crippen LogP contribution is -2.21. The fourth-order valence-corrected chi connectivity index (χ4v) is 2.15. The number of aromatic nitrogens is 1. The highest BCUT2D eigenvalue weighted by molar-refractivity contribution is 5.27. The van der Waals surface area contributed by atoms with E-state index in [2.05, 4.69) is 67.5 Å². The molecule has 0 bridgehead atoms. The zero-order valence-electron chi connectivity index (χ0n) is 12.7. The third-order valence-corrected chi connectivity index (χ3v) is 3.39. The van der Waals surface area contributed by atoms with Crippen LogP contribution in [-0.2, 0) is 19.4 Å². The Morgan fingerprint density at radius 2 is 1.85 bits per heavy atom. The lowest BCUT2D eigenvalue weighted by Gasteiger charge is -2.09. The molecule has 1 aromatic heterocycles. The van der Waals surface area contributed by atoms with Gasteiger partial charge in [-0.05, 0) is 29.2 Å². The van der Waals surface area contributed by atoms with Gasteiger partial charge < -0.3 is 5.32 Å². The maximum absolute atomic E-state index is 4.53. The Bertz CT molecular complexity index is 529. The fraction of sp³-hybridized carbons (Fsp3) is 0.389. The molecule has 0 aliphatic rings. The Kier molecular flexibility index (Phi) is 5.31. The minimum Gasteiger partial charge on any atom is -0.310 e. The summed E-state index contributed by atoms with van der Waals surface area (Å²) in [5.74, 6) is 0. The van der Waals surface area contributed by atoms with Crippen molar-refractivity contribution >= 4 is 0 Å². The van der Waals surface area contributed by atoms with Gasteiger partial charge in [-0.25, -0.2) is 0 Å². The van der Waals surface area contributed by atoms with Crippen molar-refractivity contribution in [3.63, 3.8) is 0 Å². The highest BCUT2D eigenvalue weighted by Gasteiger charge is 2.01. The van der Waals surface area contributed by atoms with E-state index in [1.165, 1.54) is 16.7 Å². The third kappa shape index (κ3) is 4.46. The molecule has 0 aliphatic carbocycles. The molecule has 2 rings (SSSR count). The van der Waals surface area contributed by atoms with Crippen molar-refractivity contribution in [1.82, 2.24) is 10.3 Å². The number of hydrogen-bond donors (Lipinski definition) is 1. The molecule has 2 heteroatoms. The van der Waals surface area contributed by atoms with Gasteiger partial charge >= 0.3 is 0 Å². The largest absolute Gasteiger partial charge is 0.310 e. The van der Waals surface area contributed by atoms with Gasteiger partial charge in [0, 0.05) is 30.9 Å². The first-order valence-corrected chi connectivity index (χ1v) is 7.42. The standard InChI is InChI=1S/C18H24N2/c1-4-15-8-9-18(20-12-15)11-16-6-5-7-17(10-16)13-19-14(2)3/h5-10,12,14,19H,4,11,13H2,1-3H3. The number of hydrogen-bond acceptors (Lipinski definition) is 2. The maximum Gasteiger partial charge on any atom is 0.0447 e. The van der Waals surface area contributed by atoms with Gasteiger partial charge in [-0.15, -0.1) is 0 Å². The normalized spacial score (nSPS) is 11.0. The monoisotopic (exact) mass is 268 g/mol. The molecule has 20 heavy (non-hydrogen) atoms. The van der Waals surface area contributed by atoms with Gasteiger partial charge in [0.1, 0.15) is 0 Å². The van der Waals surface area contributed by atoms with Crippen LogP contribution in [0.5, 0.6) is 0 Å². The predicted octanol–water partition coefficient (Wildman–Crippen LogP) is 3.73. The second-order valence-corrected chi connectivity index (χ2v) is 5.54. The number of rotatable bonds is 6. The second-order valence-electron chi connectivity index (χ2n) is 5.54. The lowest BCUT2D eigenvalue weighted by molar-refractivity contribution is 0.588. The summed E-state index contributed by atoms with van der Waals surface area (Å²) in [4.78, 5) is 4.53. The summed E-state index contributed by atoms with van der Waals surface area (Å²) >= 11 is 0. The summed E-state index contributed by atoms with van der Waals surface area (Å²) in [6.45, 7) is 7.42. The molecule has 106 valence electrons. The van der Waals surface area contributed by atoms with Gasteiger partial charge in [0.15, 0.2) is 0 Å². The predicted molar refractivity (Wildman–Crippen MR) is 84.8 cm³/mol. The van der Waals surface area contributed by atoms with Crippen molar-refractivity contribution in [2.75, 3.05) is 0 Å². The molecule has 0 atom stereocenters. The SMILES string of the molecule is CCc1ccc(Cc2cccc(CNC(C)C)c2)nc1. The summed E-state index contributed by atoms with van der Waals surface area (Å²) < 4.78 is 0. The smallest absolute Gasteiger partial charge is 0.0447 e. The van der Waals surface area contributed by atoms with E-state index in [1.54, 1.807) is 0 Å². The van der Waals surface area contributed by atoms with Gasteiger partial charge in [-0.1, -0.05) is 51.1 Å². The summed E-state index contributed by atoms with van der Waals surface area (Å²) in [6, 6.07) is 13.6. The number of pyridine rings is 1. The van der Waals surface area contributed by atoms with Crippen LogP contribution < -0.4 is 5.32 Å². The molecule has 0 aliphatic heterocycles. The molecule has 0 saturated carbocycles. The first-order chi connectivity index (χ1) is 9.67. The van der Waals surface area contributed by atoms with E-state index in [0.29, 0.717) is 6.04 Å². The summed E-state index contributed by atoms with van der Waals surface area (Å²) in [6.07, 6.45) is 3.93. The van der Waals surface area contributed by atoms with Crippen LogP contribution in [0, 0.1) is 0 Å². The molecule has 0 fully saturated rings. The Morgan fingerprint density at radius 1 is 1.05 bits per heavy atom. The van der Waals surface area contributed by atoms with Crippen molar-refractivity contribution in [2.24, 2.45) is 0 Å². The highest BCUT2D eigenvalue weighted by atomic mass is 14.9. The summed E-state index contributed by atoms with van der Waals surface area (Å²) in [5.41, 5.74) is 5.09. The van der Waals surface area contributed by atoms with Gasteiger partial charge in [-0.2, -0.15) is 0 Å². The van der Waals surface area contributed by atoms with Gasteiger partial charge in [0.2, 0.25) is 0 Å². The molecule has 2 nitrogen and oxygen atoms in total. The molecule has 0 radical (unpaired) electrons. The molecule has 1 N–H and O–H groups in total. The molecule has 0 amide bonds. The molecular weight excluding hydrogens is 244 g/mol. The van der Waals surface area contributed by atoms with E-state index in [9.17, 15) is 0 Å². The fourth-order valence-electron chi connectivity index (χ4n) is 2.15. The van der Waals surface area contributed by atoms with Crippen molar-refractivity contribution in [2.45, 2.75) is 46.2 Å². The van der Waals surface area contributed by atoms with Crippen LogP contribution in [0.3, 0.4) is 0 Å². The Balaban J connectivity index is 2.02. The molecule has 0 unspecified atom stereocenters. The average Bonchev–Trinajstić information content (AvgIpc) is 2.46. The Labute approximate surface area is 122 Å². The van der Waals surface area contributed by atoms with Crippen LogP contribution in [0.15, 0.2) is 42.6 Å². The van der Waals surface area contributed by atoms with E-state index in [1.807, 2.05) is 6.20 Å². The number of aryl methyl sites for hydroxylation is 1. The van der Waals surface area contributed by atoms with Crippen LogP contribution in [-0.4, -0.2) is 11.0 Å². The minimum atomic E-state index is 0.516. The minimum absolute atomic E-state index is 0.516. The Morgan fingerprint density at radius 3 is 2.50 bits per heavy atom. The van der Waals surface area contributed by atoms with Crippen LogP contribution in [0.4, 0.5) is 0 Å². The van der Waals surface area contributed by atoms with Crippen LogP contribution in [0.2, 0.25) is 0 Å². The first kappa shape index (κ1) is 14.7. The van der Waals surface area contributed by atoms with E-state index < -0.39 is 0 Å². The van der Waals surface area contributed by atoms with Crippen molar-refractivity contribution in [3.8, 4) is 0 Å². The van der Waals surface area contributed by atoms with Gasteiger partial charge in [-0.3, -0.25) is 4.98 Å². The molecule has 0 spiro atoms. The van der Waals surface area contributed by atoms with E-state index in [4.69, 9.17) is 0 Å². The van der Waals surface area contributed by atoms with E-state index >= 15 is 0 Å². The topological polar surface area (TPSA) is 24.9 Å². The highest BCUT2D eigenvalue weighted by Crippen LogP contribution is 2.11. The number of benzene rings is 1. The summed E-state index contributed by atoms with van der Waals surface area (Å²) in [5, 5.41) is 3.45. The quantitative estimate of drug-likeness (QED) is 0.863.